The third-order valence-corrected chi connectivity index (χ3v) is 6.99. The number of benzene rings is 1. The van der Waals surface area contributed by atoms with Crippen LogP contribution in [0.2, 0.25) is 0 Å². The van der Waals surface area contributed by atoms with E-state index in [0.29, 0.717) is 29.6 Å². The highest BCUT2D eigenvalue weighted by Crippen LogP contribution is 2.34. The molecule has 0 fully saturated rings. The standard InChI is InChI=1S/C28H33N7O3S/c1-18-6-9-20(10-7-18)35-25(15-22(33-35)28(2,3)4)34(26(29)37)27-31-16-21(39-27)11-8-19-12-13-30-23(14-19)32-24(36)17-38-5/h6-7,9-10,12-16H,8,11,17H2,1-5H3,(H2,29,37)(H,30,32,36). The zero-order valence-electron chi connectivity index (χ0n) is 22.8. The number of urea groups is 1. The molecule has 4 aromatic rings. The predicted octanol–water partition coefficient (Wildman–Crippen LogP) is 4.92. The van der Waals surface area contributed by atoms with Gasteiger partial charge in [-0.25, -0.2) is 24.3 Å². The third kappa shape index (κ3) is 6.87. The Morgan fingerprint density at radius 3 is 2.51 bits per heavy atom. The van der Waals surface area contributed by atoms with Crippen LogP contribution in [0.15, 0.2) is 54.9 Å². The number of amides is 3. The molecule has 0 saturated heterocycles. The fourth-order valence-corrected chi connectivity index (χ4v) is 4.79. The Labute approximate surface area is 231 Å². The van der Waals surface area contributed by atoms with Crippen molar-refractivity contribution in [3.63, 3.8) is 0 Å². The summed E-state index contributed by atoms with van der Waals surface area (Å²) in [4.78, 5) is 35.7. The summed E-state index contributed by atoms with van der Waals surface area (Å²) in [7, 11) is 1.46. The minimum Gasteiger partial charge on any atom is -0.375 e. The molecule has 0 bridgehead atoms. The number of nitrogens with one attached hydrogen (secondary N) is 1. The van der Waals surface area contributed by atoms with Gasteiger partial charge in [0.2, 0.25) is 0 Å². The number of primary amides is 1. The summed E-state index contributed by atoms with van der Waals surface area (Å²) < 4.78 is 6.59. The number of nitrogens with zero attached hydrogens (tertiary/aromatic N) is 5. The maximum atomic E-state index is 12.8. The van der Waals surface area contributed by atoms with Gasteiger partial charge in [-0.3, -0.25) is 4.79 Å². The van der Waals surface area contributed by atoms with Gasteiger partial charge in [0.05, 0.1) is 11.4 Å². The van der Waals surface area contributed by atoms with Gasteiger partial charge in [0.25, 0.3) is 5.91 Å². The molecule has 0 radical (unpaired) electrons. The summed E-state index contributed by atoms with van der Waals surface area (Å²) in [5.41, 5.74) is 9.44. The van der Waals surface area contributed by atoms with E-state index < -0.39 is 6.03 Å². The fourth-order valence-electron chi connectivity index (χ4n) is 3.87. The van der Waals surface area contributed by atoms with Crippen molar-refractivity contribution in [3.05, 3.63) is 76.6 Å². The topological polar surface area (TPSA) is 128 Å². The van der Waals surface area contributed by atoms with Crippen LogP contribution in [-0.4, -0.2) is 45.4 Å². The van der Waals surface area contributed by atoms with E-state index in [2.05, 4.69) is 36.1 Å². The molecular weight excluding hydrogens is 514 g/mol. The van der Waals surface area contributed by atoms with Gasteiger partial charge in [0.1, 0.15) is 18.2 Å². The van der Waals surface area contributed by atoms with Crippen molar-refractivity contribution in [2.75, 3.05) is 23.9 Å². The molecule has 0 aliphatic rings. The van der Waals surface area contributed by atoms with E-state index in [1.54, 1.807) is 17.1 Å². The lowest BCUT2D eigenvalue weighted by Crippen LogP contribution is -2.32. The van der Waals surface area contributed by atoms with Crippen LogP contribution in [0.3, 0.4) is 0 Å². The molecule has 39 heavy (non-hydrogen) atoms. The Bertz CT molecular complexity index is 1450. The molecule has 3 heterocycles. The Morgan fingerprint density at radius 1 is 1.10 bits per heavy atom. The second kappa shape index (κ2) is 11.7. The number of carbonyl (C=O) groups excluding carboxylic acids is 2. The van der Waals surface area contributed by atoms with E-state index in [0.717, 1.165) is 27.4 Å². The van der Waals surface area contributed by atoms with Gasteiger partial charge in [0.15, 0.2) is 5.13 Å². The normalized spacial score (nSPS) is 11.4. The molecule has 0 spiro atoms. The van der Waals surface area contributed by atoms with E-state index in [1.807, 2.05) is 49.4 Å². The molecule has 4 rings (SSSR count). The number of rotatable bonds is 9. The molecule has 11 heteroatoms. The second-order valence-electron chi connectivity index (χ2n) is 10.2. The van der Waals surface area contributed by atoms with Crippen LogP contribution < -0.4 is 16.0 Å². The van der Waals surface area contributed by atoms with Gasteiger partial charge in [-0.1, -0.05) is 38.5 Å². The molecule has 204 valence electrons. The number of thiazole rings is 1. The first-order chi connectivity index (χ1) is 18.5. The first kappa shape index (κ1) is 27.9. The number of nitrogens with two attached hydrogens (primary N) is 1. The van der Waals surface area contributed by atoms with Crippen molar-refractivity contribution in [1.29, 1.82) is 0 Å². The summed E-state index contributed by atoms with van der Waals surface area (Å²) in [5.74, 6) is 0.738. The van der Waals surface area contributed by atoms with E-state index in [9.17, 15) is 9.59 Å². The van der Waals surface area contributed by atoms with Crippen molar-refractivity contribution in [1.82, 2.24) is 19.7 Å². The fraction of sp³-hybridized carbons (Fsp3) is 0.321. The number of hydrogen-bond acceptors (Lipinski definition) is 7. The highest BCUT2D eigenvalue weighted by Gasteiger charge is 2.28. The largest absolute Gasteiger partial charge is 0.375 e. The molecule has 3 aromatic heterocycles. The van der Waals surface area contributed by atoms with E-state index in [4.69, 9.17) is 15.6 Å². The minimum atomic E-state index is -0.643. The van der Waals surface area contributed by atoms with Crippen LogP contribution in [0, 0.1) is 6.92 Å². The van der Waals surface area contributed by atoms with Crippen LogP contribution in [0.25, 0.3) is 5.69 Å². The van der Waals surface area contributed by atoms with Crippen molar-refractivity contribution in [2.45, 2.75) is 46.0 Å². The van der Waals surface area contributed by atoms with Gasteiger partial charge in [-0.15, -0.1) is 11.3 Å². The number of aryl methyl sites for hydroxylation is 3. The van der Waals surface area contributed by atoms with Crippen LogP contribution in [-0.2, 0) is 27.8 Å². The molecule has 3 amide bonds. The first-order valence-corrected chi connectivity index (χ1v) is 13.3. The quantitative estimate of drug-likeness (QED) is 0.306. The van der Waals surface area contributed by atoms with E-state index >= 15 is 0 Å². The highest BCUT2D eigenvalue weighted by molar-refractivity contribution is 7.15. The van der Waals surface area contributed by atoms with E-state index in [1.165, 1.54) is 23.3 Å². The van der Waals surface area contributed by atoms with Crippen LogP contribution in [0.4, 0.5) is 21.6 Å². The van der Waals surface area contributed by atoms with Crippen LogP contribution in [0.5, 0.6) is 0 Å². The van der Waals surface area contributed by atoms with Crippen LogP contribution in [0.1, 0.15) is 42.5 Å². The summed E-state index contributed by atoms with van der Waals surface area (Å²) in [6, 6.07) is 12.9. The average Bonchev–Trinajstić information content (AvgIpc) is 3.52. The van der Waals surface area contributed by atoms with Gasteiger partial charge in [0, 0.05) is 35.9 Å². The Kier molecular flexibility index (Phi) is 8.41. The van der Waals surface area contributed by atoms with Crippen molar-refractivity contribution >= 4 is 40.0 Å². The molecule has 0 saturated carbocycles. The maximum Gasteiger partial charge on any atom is 0.326 e. The van der Waals surface area contributed by atoms with Gasteiger partial charge in [-0.05, 0) is 49.6 Å². The van der Waals surface area contributed by atoms with E-state index in [-0.39, 0.29) is 17.9 Å². The molecular formula is C28H33N7O3S. The zero-order chi connectivity index (χ0) is 28.2. The minimum absolute atomic E-state index is 0.0357. The number of anilines is 3. The molecule has 0 unspecified atom stereocenters. The molecule has 3 N–H and O–H groups in total. The Morgan fingerprint density at radius 2 is 1.85 bits per heavy atom. The summed E-state index contributed by atoms with van der Waals surface area (Å²) in [6.07, 6.45) is 4.80. The summed E-state index contributed by atoms with van der Waals surface area (Å²) in [5, 5.41) is 8.01. The number of ether oxygens (including phenoxy) is 1. The van der Waals surface area contributed by atoms with Crippen molar-refractivity contribution in [2.24, 2.45) is 5.73 Å². The Hall–Kier alpha value is -4.09. The van der Waals surface area contributed by atoms with Gasteiger partial charge < -0.3 is 15.8 Å². The number of carbonyl (C=O) groups is 2. The van der Waals surface area contributed by atoms with Crippen molar-refractivity contribution < 1.29 is 14.3 Å². The zero-order valence-corrected chi connectivity index (χ0v) is 23.6. The van der Waals surface area contributed by atoms with Gasteiger partial charge in [-0.2, -0.15) is 5.10 Å². The molecule has 1 aromatic carbocycles. The number of methoxy groups -OCH3 is 1. The molecule has 10 nitrogen and oxygen atoms in total. The maximum absolute atomic E-state index is 12.8. The molecule has 0 aliphatic carbocycles. The third-order valence-electron chi connectivity index (χ3n) is 5.95. The lowest BCUT2D eigenvalue weighted by molar-refractivity contribution is -0.119. The highest BCUT2D eigenvalue weighted by atomic mass is 32.1. The molecule has 0 aliphatic heterocycles. The lowest BCUT2D eigenvalue weighted by atomic mass is 9.92. The monoisotopic (exact) mass is 547 g/mol. The number of hydrogen-bond donors (Lipinski definition) is 2. The number of aromatic nitrogens is 4. The summed E-state index contributed by atoms with van der Waals surface area (Å²) in [6.45, 7) is 8.20. The summed E-state index contributed by atoms with van der Waals surface area (Å²) >= 11 is 1.40. The average molecular weight is 548 g/mol. The number of pyridine rings is 1. The predicted molar refractivity (Wildman–Crippen MR) is 153 cm³/mol. The van der Waals surface area contributed by atoms with Crippen LogP contribution >= 0.6 is 11.3 Å². The Balaban J connectivity index is 1.59. The SMILES string of the molecule is COCC(=O)Nc1cc(CCc2cnc(N(C(N)=O)c3cc(C(C)(C)C)nn3-c3ccc(C)cc3)s2)ccn1. The second-order valence-corrected chi connectivity index (χ2v) is 11.3. The van der Waals surface area contributed by atoms with Crippen molar-refractivity contribution in [3.8, 4) is 5.69 Å². The lowest BCUT2D eigenvalue weighted by Gasteiger charge is -2.18. The smallest absolute Gasteiger partial charge is 0.326 e. The first-order valence-electron chi connectivity index (χ1n) is 12.5. The molecule has 0 atom stereocenters. The van der Waals surface area contributed by atoms with Gasteiger partial charge >= 0.3 is 6.03 Å².